The van der Waals surface area contributed by atoms with Crippen LogP contribution in [0.4, 0.5) is 5.13 Å². The minimum absolute atomic E-state index is 0.0841. The Hall–Kier alpha value is -2.16. The molecule has 1 rings (SSSR count). The number of hydrogen-bond acceptors (Lipinski definition) is 7. The number of nitrogens with two attached hydrogens (primary N) is 1. The molecule has 0 saturated heterocycles. The van der Waals surface area contributed by atoms with Gasteiger partial charge in [0, 0.05) is 11.3 Å². The maximum Gasteiger partial charge on any atom is 0.350 e. The SMILES string of the molecule is Nc1nc(C(CO/N=C\C(=O)O)CC(=O)O)cs1. The van der Waals surface area contributed by atoms with Crippen molar-refractivity contribution in [3.63, 3.8) is 0 Å². The van der Waals surface area contributed by atoms with Gasteiger partial charge in [0.15, 0.2) is 11.3 Å². The topological polar surface area (TPSA) is 135 Å². The van der Waals surface area contributed by atoms with Gasteiger partial charge in [0.1, 0.15) is 6.61 Å². The highest BCUT2D eigenvalue weighted by molar-refractivity contribution is 7.13. The molecule has 0 radical (unpaired) electrons. The van der Waals surface area contributed by atoms with Crippen molar-refractivity contribution in [3.05, 3.63) is 11.1 Å². The van der Waals surface area contributed by atoms with Crippen LogP contribution in [0.15, 0.2) is 10.5 Å². The number of oxime groups is 1. The van der Waals surface area contributed by atoms with E-state index >= 15 is 0 Å². The summed E-state index contributed by atoms with van der Waals surface area (Å²) in [5, 5.41) is 22.2. The van der Waals surface area contributed by atoms with Crippen LogP contribution in [-0.2, 0) is 14.4 Å². The summed E-state index contributed by atoms with van der Waals surface area (Å²) in [5.41, 5.74) is 5.94. The lowest BCUT2D eigenvalue weighted by molar-refractivity contribution is -0.138. The summed E-state index contributed by atoms with van der Waals surface area (Å²) in [5.74, 6) is -2.79. The zero-order valence-electron chi connectivity index (χ0n) is 9.15. The van der Waals surface area contributed by atoms with Gasteiger partial charge in [0.25, 0.3) is 0 Å². The van der Waals surface area contributed by atoms with E-state index in [1.165, 1.54) is 11.3 Å². The van der Waals surface area contributed by atoms with E-state index in [9.17, 15) is 9.59 Å². The first-order valence-electron chi connectivity index (χ1n) is 4.80. The van der Waals surface area contributed by atoms with Gasteiger partial charge in [-0.15, -0.1) is 11.3 Å². The van der Waals surface area contributed by atoms with Crippen molar-refractivity contribution in [1.82, 2.24) is 4.98 Å². The lowest BCUT2D eigenvalue weighted by Gasteiger charge is -2.10. The molecule has 4 N–H and O–H groups in total. The molecule has 1 atom stereocenters. The van der Waals surface area contributed by atoms with Gasteiger partial charge < -0.3 is 20.8 Å². The fourth-order valence-electron chi connectivity index (χ4n) is 1.16. The number of carboxylic acids is 2. The number of hydrogen-bond donors (Lipinski definition) is 3. The van der Waals surface area contributed by atoms with E-state index in [4.69, 9.17) is 20.8 Å². The van der Waals surface area contributed by atoms with E-state index in [-0.39, 0.29) is 13.0 Å². The molecule has 0 aliphatic carbocycles. The van der Waals surface area contributed by atoms with Gasteiger partial charge in [-0.3, -0.25) is 4.79 Å². The van der Waals surface area contributed by atoms with Gasteiger partial charge in [0.05, 0.1) is 12.1 Å². The molecule has 0 amide bonds. The largest absolute Gasteiger partial charge is 0.481 e. The van der Waals surface area contributed by atoms with E-state index in [0.717, 1.165) is 0 Å². The Bertz CT molecular complexity index is 459. The molecule has 0 saturated carbocycles. The molecule has 8 nitrogen and oxygen atoms in total. The van der Waals surface area contributed by atoms with E-state index in [0.29, 0.717) is 17.0 Å². The second kappa shape index (κ2) is 6.55. The molecule has 0 spiro atoms. The van der Waals surface area contributed by atoms with Gasteiger partial charge in [-0.2, -0.15) is 0 Å². The van der Waals surface area contributed by atoms with Crippen LogP contribution in [-0.4, -0.2) is 40.0 Å². The first-order chi connectivity index (χ1) is 8.49. The van der Waals surface area contributed by atoms with Crippen LogP contribution >= 0.6 is 11.3 Å². The quantitative estimate of drug-likeness (QED) is 0.482. The van der Waals surface area contributed by atoms with Gasteiger partial charge in [-0.05, 0) is 0 Å². The van der Waals surface area contributed by atoms with Crippen molar-refractivity contribution in [1.29, 1.82) is 0 Å². The Morgan fingerprint density at radius 3 is 2.83 bits per heavy atom. The first-order valence-corrected chi connectivity index (χ1v) is 5.68. The van der Waals surface area contributed by atoms with Crippen molar-refractivity contribution in [2.24, 2.45) is 5.16 Å². The van der Waals surface area contributed by atoms with E-state index in [1.54, 1.807) is 5.38 Å². The Morgan fingerprint density at radius 2 is 2.33 bits per heavy atom. The summed E-state index contributed by atoms with van der Waals surface area (Å²) >= 11 is 1.19. The maximum absolute atomic E-state index is 10.7. The smallest absolute Gasteiger partial charge is 0.350 e. The molecule has 0 aliphatic heterocycles. The number of nitrogen functional groups attached to an aromatic ring is 1. The monoisotopic (exact) mass is 273 g/mol. The molecule has 1 aromatic rings. The number of carboxylic acid groups (broad SMARTS) is 2. The van der Waals surface area contributed by atoms with Crippen LogP contribution in [0.5, 0.6) is 0 Å². The summed E-state index contributed by atoms with van der Waals surface area (Å²) < 4.78 is 0. The standard InChI is InChI=1S/C9H11N3O5S/c10-9-12-6(4-18-9)5(1-7(13)14)3-17-11-2-8(15)16/h2,4-5H,1,3H2,(H2,10,12)(H,13,14)(H,15,16)/b11-2-. The third kappa shape index (κ3) is 4.78. The van der Waals surface area contributed by atoms with Crippen molar-refractivity contribution in [2.75, 3.05) is 12.3 Å². The van der Waals surface area contributed by atoms with Crippen LogP contribution in [0.3, 0.4) is 0 Å². The summed E-state index contributed by atoms with van der Waals surface area (Å²) in [6, 6.07) is 0. The minimum Gasteiger partial charge on any atom is -0.481 e. The van der Waals surface area contributed by atoms with Crippen molar-refractivity contribution in [2.45, 2.75) is 12.3 Å². The number of rotatable bonds is 7. The number of aromatic nitrogens is 1. The van der Waals surface area contributed by atoms with Crippen LogP contribution in [0, 0.1) is 0 Å². The molecule has 18 heavy (non-hydrogen) atoms. The molecule has 0 bridgehead atoms. The minimum atomic E-state index is -1.25. The summed E-state index contributed by atoms with van der Waals surface area (Å²) in [7, 11) is 0. The molecule has 0 fully saturated rings. The highest BCUT2D eigenvalue weighted by atomic mass is 32.1. The van der Waals surface area contributed by atoms with Crippen LogP contribution in [0.2, 0.25) is 0 Å². The summed E-state index contributed by atoms with van der Waals surface area (Å²) in [6.45, 7) is -0.0841. The lowest BCUT2D eigenvalue weighted by Crippen LogP contribution is -2.12. The first kappa shape index (κ1) is 13.9. The Kier molecular flexibility index (Phi) is 5.06. The van der Waals surface area contributed by atoms with Crippen LogP contribution in [0.25, 0.3) is 0 Å². The molecule has 1 heterocycles. The fourth-order valence-corrected chi connectivity index (χ4v) is 1.81. The van der Waals surface area contributed by atoms with E-state index < -0.39 is 17.9 Å². The number of thiazole rings is 1. The second-order valence-electron chi connectivity index (χ2n) is 3.27. The molecule has 1 unspecified atom stereocenters. The third-order valence-corrected chi connectivity index (χ3v) is 2.58. The predicted molar refractivity (Wildman–Crippen MR) is 63.6 cm³/mol. The predicted octanol–water partition coefficient (Wildman–Crippen LogP) is 0.371. The van der Waals surface area contributed by atoms with Gasteiger partial charge in [-0.25, -0.2) is 9.78 Å². The van der Waals surface area contributed by atoms with Crippen molar-refractivity contribution in [3.8, 4) is 0 Å². The molecular formula is C9H11N3O5S. The zero-order chi connectivity index (χ0) is 13.5. The number of carbonyl (C=O) groups is 2. The van der Waals surface area contributed by atoms with Crippen molar-refractivity contribution < 1.29 is 24.6 Å². The van der Waals surface area contributed by atoms with E-state index in [2.05, 4.69) is 10.1 Å². The number of anilines is 1. The zero-order valence-corrected chi connectivity index (χ0v) is 9.96. The fraction of sp³-hybridized carbons (Fsp3) is 0.333. The normalized spacial score (nSPS) is 12.4. The van der Waals surface area contributed by atoms with E-state index in [1.807, 2.05) is 0 Å². The number of aliphatic carboxylic acids is 2. The molecule has 9 heteroatoms. The van der Waals surface area contributed by atoms with Crippen molar-refractivity contribution >= 4 is 34.6 Å². The average Bonchev–Trinajstić information content (AvgIpc) is 2.68. The molecular weight excluding hydrogens is 262 g/mol. The molecule has 98 valence electrons. The Labute approximate surface area is 106 Å². The number of nitrogens with zero attached hydrogens (tertiary/aromatic N) is 2. The molecule has 0 aromatic carbocycles. The van der Waals surface area contributed by atoms with Gasteiger partial charge in [0.2, 0.25) is 0 Å². The Morgan fingerprint density at radius 1 is 1.61 bits per heavy atom. The maximum atomic E-state index is 10.7. The highest BCUT2D eigenvalue weighted by Crippen LogP contribution is 2.23. The highest BCUT2D eigenvalue weighted by Gasteiger charge is 2.19. The van der Waals surface area contributed by atoms with Gasteiger partial charge >= 0.3 is 11.9 Å². The Balaban J connectivity index is 2.62. The summed E-state index contributed by atoms with van der Waals surface area (Å²) in [6.07, 6.45) is 0.374. The molecule has 0 aliphatic rings. The third-order valence-electron chi connectivity index (χ3n) is 1.89. The van der Waals surface area contributed by atoms with Crippen LogP contribution < -0.4 is 5.73 Å². The second-order valence-corrected chi connectivity index (χ2v) is 4.16. The van der Waals surface area contributed by atoms with Gasteiger partial charge in [-0.1, -0.05) is 5.16 Å². The average molecular weight is 273 g/mol. The summed E-state index contributed by atoms with van der Waals surface area (Å²) in [4.78, 5) is 29.5. The molecule has 1 aromatic heterocycles. The lowest BCUT2D eigenvalue weighted by atomic mass is 10.0. The van der Waals surface area contributed by atoms with Crippen LogP contribution in [0.1, 0.15) is 18.0 Å².